The third kappa shape index (κ3) is 5.02. The van der Waals surface area contributed by atoms with Crippen molar-refractivity contribution >= 4 is 23.1 Å². The average Bonchev–Trinajstić information content (AvgIpc) is 3.35. The van der Waals surface area contributed by atoms with Crippen LogP contribution >= 0.6 is 0 Å². The zero-order chi connectivity index (χ0) is 23.9. The summed E-state index contributed by atoms with van der Waals surface area (Å²) in [6, 6.07) is 11.0. The summed E-state index contributed by atoms with van der Waals surface area (Å²) in [5.74, 6) is 0.981. The lowest BCUT2D eigenvalue weighted by molar-refractivity contribution is 0.249. The average molecular weight is 455 g/mol. The van der Waals surface area contributed by atoms with Gasteiger partial charge >= 0.3 is 0 Å². The van der Waals surface area contributed by atoms with E-state index in [0.717, 1.165) is 66.3 Å². The van der Waals surface area contributed by atoms with Gasteiger partial charge in [0.2, 0.25) is 0 Å². The van der Waals surface area contributed by atoms with Crippen molar-refractivity contribution in [1.29, 1.82) is 0 Å². The van der Waals surface area contributed by atoms with Gasteiger partial charge in [0, 0.05) is 43.0 Å². The topological polar surface area (TPSA) is 49.0 Å². The molecule has 176 valence electrons. The fourth-order valence-electron chi connectivity index (χ4n) is 4.52. The number of fused-ring (bicyclic) bond motifs is 1. The molecule has 2 aromatic heterocycles. The Kier molecular flexibility index (Phi) is 7.70. The summed E-state index contributed by atoms with van der Waals surface area (Å²) in [6.07, 6.45) is 15.7. The molecule has 0 radical (unpaired) electrons. The normalized spacial score (nSPS) is 15.9. The molecule has 0 unspecified atom stereocenters. The van der Waals surface area contributed by atoms with Gasteiger partial charge in [0.25, 0.3) is 0 Å². The third-order valence-corrected chi connectivity index (χ3v) is 6.31. The van der Waals surface area contributed by atoms with Crippen LogP contribution in [0, 0.1) is 0 Å². The molecule has 4 rings (SSSR count). The van der Waals surface area contributed by atoms with Crippen LogP contribution in [0.5, 0.6) is 0 Å². The summed E-state index contributed by atoms with van der Waals surface area (Å²) in [6.45, 7) is 8.68. The Bertz CT molecular complexity index is 1190. The molecule has 34 heavy (non-hydrogen) atoms. The first-order chi connectivity index (χ1) is 16.6. The predicted octanol–water partition coefficient (Wildman–Crippen LogP) is 5.14. The Morgan fingerprint density at radius 3 is 2.65 bits per heavy atom. The molecule has 0 spiro atoms. The van der Waals surface area contributed by atoms with Crippen LogP contribution in [-0.4, -0.2) is 65.3 Å². The molecule has 0 amide bonds. The summed E-state index contributed by atoms with van der Waals surface area (Å²) in [4.78, 5) is 18.9. The maximum Gasteiger partial charge on any atom is 0.155 e. The van der Waals surface area contributed by atoms with Crippen LogP contribution in [0.1, 0.15) is 25.5 Å². The molecule has 0 aliphatic carbocycles. The molecule has 0 bridgehead atoms. The van der Waals surface area contributed by atoms with Gasteiger partial charge in [-0.2, -0.15) is 0 Å². The molecule has 1 fully saturated rings. The van der Waals surface area contributed by atoms with E-state index in [0.29, 0.717) is 6.04 Å². The van der Waals surface area contributed by atoms with E-state index in [4.69, 9.17) is 4.98 Å². The molecular weight excluding hydrogens is 420 g/mol. The molecule has 0 saturated carbocycles. The van der Waals surface area contributed by atoms with Gasteiger partial charge in [0.15, 0.2) is 5.82 Å². The smallest absolute Gasteiger partial charge is 0.155 e. The highest BCUT2D eigenvalue weighted by Crippen LogP contribution is 2.34. The van der Waals surface area contributed by atoms with Crippen molar-refractivity contribution in [2.75, 3.05) is 38.6 Å². The number of allylic oxidation sites excluding steroid dienone is 5. The molecule has 3 aromatic rings. The fraction of sp³-hybridized carbons (Fsp3) is 0.321. The second kappa shape index (κ2) is 11.1. The van der Waals surface area contributed by atoms with Gasteiger partial charge in [-0.15, -0.1) is 0 Å². The van der Waals surface area contributed by atoms with E-state index in [2.05, 4.69) is 75.2 Å². The van der Waals surface area contributed by atoms with E-state index in [1.54, 1.807) is 0 Å². The van der Waals surface area contributed by atoms with Crippen molar-refractivity contribution in [1.82, 2.24) is 19.3 Å². The number of aromatic nitrogens is 3. The monoisotopic (exact) mass is 454 g/mol. The molecule has 1 aliphatic rings. The van der Waals surface area contributed by atoms with Crippen molar-refractivity contribution < 1.29 is 0 Å². The number of benzene rings is 1. The number of imidazole rings is 1. The number of nitrogens with zero attached hydrogens (tertiary/aromatic N) is 6. The number of hydrogen-bond donors (Lipinski definition) is 0. The van der Waals surface area contributed by atoms with Crippen LogP contribution in [-0.2, 0) is 0 Å². The number of hydrogen-bond acceptors (Lipinski definition) is 5. The molecular formula is C28H34N6. The zero-order valence-corrected chi connectivity index (χ0v) is 20.4. The first kappa shape index (κ1) is 23.6. The standard InChI is InChI=1S/C28H34N6/c1-5-11-22(14-10-17-29-6-2)26-27(23-12-8-7-9-13-23)34-21-30-20-25(34)28(31-26)33-18-15-24(16-19-33)32(3)4/h5,7-14,17,20-21,24H,1,6,15-16,18-19H2,2-4H3/b14-10-,22-11+,29-17?. The molecule has 1 aromatic carbocycles. The quantitative estimate of drug-likeness (QED) is 0.349. The van der Waals surface area contributed by atoms with Gasteiger partial charge in [-0.1, -0.05) is 55.1 Å². The Morgan fingerprint density at radius 2 is 1.97 bits per heavy atom. The lowest BCUT2D eigenvalue weighted by Crippen LogP contribution is -2.42. The van der Waals surface area contributed by atoms with E-state index in [1.807, 2.05) is 50.0 Å². The summed E-state index contributed by atoms with van der Waals surface area (Å²) in [5.41, 5.74) is 5.03. The van der Waals surface area contributed by atoms with Gasteiger partial charge in [-0.3, -0.25) is 9.39 Å². The zero-order valence-electron chi connectivity index (χ0n) is 20.4. The highest BCUT2D eigenvalue weighted by Gasteiger charge is 2.25. The van der Waals surface area contributed by atoms with Crippen LogP contribution in [0.25, 0.3) is 22.3 Å². The molecule has 0 N–H and O–H groups in total. The molecule has 0 atom stereocenters. The van der Waals surface area contributed by atoms with Crippen molar-refractivity contribution in [2.24, 2.45) is 4.99 Å². The number of piperidine rings is 1. The second-order valence-electron chi connectivity index (χ2n) is 8.69. The number of anilines is 1. The van der Waals surface area contributed by atoms with Gasteiger partial charge < -0.3 is 9.80 Å². The Hall–Kier alpha value is -3.51. The van der Waals surface area contributed by atoms with E-state index in [-0.39, 0.29) is 0 Å². The summed E-state index contributed by atoms with van der Waals surface area (Å²) < 4.78 is 2.18. The molecule has 6 heteroatoms. The fourth-order valence-corrected chi connectivity index (χ4v) is 4.52. The van der Waals surface area contributed by atoms with Crippen molar-refractivity contribution in [3.05, 3.63) is 79.4 Å². The Labute approximate surface area is 202 Å². The Morgan fingerprint density at radius 1 is 1.21 bits per heavy atom. The first-order valence-electron chi connectivity index (χ1n) is 12.0. The van der Waals surface area contributed by atoms with Crippen LogP contribution in [0.15, 0.2) is 78.7 Å². The van der Waals surface area contributed by atoms with Crippen molar-refractivity contribution in [2.45, 2.75) is 25.8 Å². The minimum atomic E-state index is 0.609. The maximum absolute atomic E-state index is 5.30. The lowest BCUT2D eigenvalue weighted by Gasteiger charge is -2.36. The van der Waals surface area contributed by atoms with Crippen LogP contribution in [0.3, 0.4) is 0 Å². The lowest BCUT2D eigenvalue weighted by atomic mass is 10.0. The van der Waals surface area contributed by atoms with E-state index in [1.165, 1.54) is 0 Å². The SMILES string of the molecule is C=C/C=C(\C=C/C=NCC)c1nc(N2CCC(N(C)C)CC2)c2cncn2c1-c1ccccc1. The molecule has 1 saturated heterocycles. The van der Waals surface area contributed by atoms with E-state index < -0.39 is 0 Å². The van der Waals surface area contributed by atoms with E-state index >= 15 is 0 Å². The highest BCUT2D eigenvalue weighted by atomic mass is 15.2. The number of aliphatic imine (C=N–C) groups is 1. The van der Waals surface area contributed by atoms with Gasteiger partial charge in [-0.05, 0) is 39.9 Å². The predicted molar refractivity (Wildman–Crippen MR) is 144 cm³/mol. The summed E-state index contributed by atoms with van der Waals surface area (Å²) in [7, 11) is 4.34. The minimum absolute atomic E-state index is 0.609. The number of rotatable bonds is 8. The van der Waals surface area contributed by atoms with Crippen molar-refractivity contribution in [3.8, 4) is 11.3 Å². The van der Waals surface area contributed by atoms with Gasteiger partial charge in [0.1, 0.15) is 5.52 Å². The van der Waals surface area contributed by atoms with Crippen LogP contribution in [0.2, 0.25) is 0 Å². The minimum Gasteiger partial charge on any atom is -0.355 e. The van der Waals surface area contributed by atoms with Gasteiger partial charge in [-0.25, -0.2) is 9.97 Å². The maximum atomic E-state index is 5.30. The molecule has 3 heterocycles. The Balaban J connectivity index is 1.88. The molecule has 1 aliphatic heterocycles. The van der Waals surface area contributed by atoms with Crippen LogP contribution < -0.4 is 4.90 Å². The summed E-state index contributed by atoms with van der Waals surface area (Å²) >= 11 is 0. The van der Waals surface area contributed by atoms with Crippen LogP contribution in [0.4, 0.5) is 5.82 Å². The second-order valence-corrected chi connectivity index (χ2v) is 8.69. The third-order valence-electron chi connectivity index (χ3n) is 6.31. The molecule has 6 nitrogen and oxygen atoms in total. The highest BCUT2D eigenvalue weighted by molar-refractivity contribution is 5.89. The van der Waals surface area contributed by atoms with Gasteiger partial charge in [0.05, 0.1) is 23.9 Å². The van der Waals surface area contributed by atoms with E-state index in [9.17, 15) is 0 Å². The van der Waals surface area contributed by atoms with Crippen molar-refractivity contribution in [3.63, 3.8) is 0 Å². The summed E-state index contributed by atoms with van der Waals surface area (Å²) in [5, 5.41) is 0. The first-order valence-corrected chi connectivity index (χ1v) is 12.0. The largest absolute Gasteiger partial charge is 0.355 e.